The van der Waals surface area contributed by atoms with Gasteiger partial charge in [-0.2, -0.15) is 8.61 Å². The second kappa shape index (κ2) is 16.6. The summed E-state index contributed by atoms with van der Waals surface area (Å²) in [5.74, 6) is -0.251. The van der Waals surface area contributed by atoms with Crippen LogP contribution in [0.15, 0.2) is 58.3 Å². The first kappa shape index (κ1) is 34.4. The van der Waals surface area contributed by atoms with Crippen molar-refractivity contribution < 1.29 is 26.4 Å². The summed E-state index contributed by atoms with van der Waals surface area (Å²) in [4.78, 5) is 24.9. The number of hydrogen-bond acceptors (Lipinski definition) is 6. The Morgan fingerprint density at radius 2 is 0.829 bits per heavy atom. The third-order valence-corrected chi connectivity index (χ3v) is 10.9. The largest absolute Gasteiger partial charge is 0.326 e. The van der Waals surface area contributed by atoms with Crippen molar-refractivity contribution in [3.8, 4) is 0 Å². The van der Waals surface area contributed by atoms with Crippen LogP contribution in [0.25, 0.3) is 0 Å². The van der Waals surface area contributed by atoms with Crippen LogP contribution in [-0.2, 0) is 29.6 Å². The fraction of sp³-hybridized carbons (Fsp3) is 0.517. The van der Waals surface area contributed by atoms with Crippen LogP contribution in [0.4, 0.5) is 11.4 Å². The van der Waals surface area contributed by atoms with Gasteiger partial charge < -0.3 is 10.6 Å². The van der Waals surface area contributed by atoms with Gasteiger partial charge in [0.1, 0.15) is 0 Å². The highest BCUT2D eigenvalue weighted by Crippen LogP contribution is 2.20. The van der Waals surface area contributed by atoms with Crippen LogP contribution in [-0.4, -0.2) is 63.4 Å². The summed E-state index contributed by atoms with van der Waals surface area (Å²) in [6.07, 6.45) is 4.78. The van der Waals surface area contributed by atoms with Crippen molar-refractivity contribution in [3.05, 3.63) is 48.5 Å². The van der Waals surface area contributed by atoms with Crippen molar-refractivity contribution in [1.29, 1.82) is 0 Å². The summed E-state index contributed by atoms with van der Waals surface area (Å²) in [5.41, 5.74) is 1.11. The lowest BCUT2D eigenvalue weighted by atomic mass is 10.1. The van der Waals surface area contributed by atoms with E-state index in [1.807, 2.05) is 0 Å². The van der Waals surface area contributed by atoms with Crippen LogP contribution in [0.1, 0.15) is 72.6 Å². The van der Waals surface area contributed by atoms with Crippen LogP contribution in [0.3, 0.4) is 0 Å². The SMILES string of the molecule is CCN(CC)S(=O)(=O)c1ccc(NC(=O)CCCCCCCC(=O)Nc2ccc(S(=O)(=O)N(CC)CC)cc2)cc1. The summed E-state index contributed by atoms with van der Waals surface area (Å²) >= 11 is 0. The molecule has 10 nitrogen and oxygen atoms in total. The van der Waals surface area contributed by atoms with Gasteiger partial charge in [-0.1, -0.05) is 47.0 Å². The van der Waals surface area contributed by atoms with Crippen molar-refractivity contribution in [3.63, 3.8) is 0 Å². The number of carbonyl (C=O) groups excluding carboxylic acids is 2. The maximum absolute atomic E-state index is 12.6. The Bertz CT molecular complexity index is 1220. The fourth-order valence-corrected chi connectivity index (χ4v) is 7.31. The molecule has 12 heteroatoms. The van der Waals surface area contributed by atoms with E-state index in [1.54, 1.807) is 52.0 Å². The normalized spacial score (nSPS) is 12.0. The van der Waals surface area contributed by atoms with Gasteiger partial charge in [-0.25, -0.2) is 16.8 Å². The summed E-state index contributed by atoms with van der Waals surface area (Å²) in [7, 11) is -7.06. The van der Waals surface area contributed by atoms with E-state index in [0.29, 0.717) is 50.4 Å². The Hall–Kier alpha value is -2.80. The minimum absolute atomic E-state index is 0.125. The van der Waals surface area contributed by atoms with Crippen molar-refractivity contribution in [2.75, 3.05) is 36.8 Å². The first-order chi connectivity index (χ1) is 19.5. The van der Waals surface area contributed by atoms with Crippen LogP contribution >= 0.6 is 0 Å². The number of unbranched alkanes of at least 4 members (excludes halogenated alkanes) is 4. The van der Waals surface area contributed by atoms with Crippen LogP contribution in [0, 0.1) is 0 Å². The zero-order chi connectivity index (χ0) is 30.5. The van der Waals surface area contributed by atoms with Gasteiger partial charge in [-0.3, -0.25) is 9.59 Å². The number of sulfonamides is 2. The second-order valence-corrected chi connectivity index (χ2v) is 13.5. The molecule has 0 saturated heterocycles. The molecule has 2 rings (SSSR count). The molecule has 0 bridgehead atoms. The molecule has 0 heterocycles. The summed E-state index contributed by atoms with van der Waals surface area (Å²) in [6, 6.07) is 12.4. The highest BCUT2D eigenvalue weighted by atomic mass is 32.2. The zero-order valence-corrected chi connectivity index (χ0v) is 26.2. The standard InChI is InChI=1S/C29H44N4O6S2/c1-5-32(6-2)40(36,37)26-20-16-24(17-21-26)30-28(34)14-12-10-9-11-13-15-29(35)31-25-18-22-27(23-19-25)41(38,39)33(7-3)8-4/h16-23H,5-15H2,1-4H3,(H,30,34)(H,31,35). The van der Waals surface area contributed by atoms with Gasteiger partial charge in [0.25, 0.3) is 0 Å². The first-order valence-electron chi connectivity index (χ1n) is 14.3. The van der Waals surface area contributed by atoms with Gasteiger partial charge in [0.2, 0.25) is 31.9 Å². The molecule has 0 saturated carbocycles. The third-order valence-electron chi connectivity index (χ3n) is 6.77. The minimum Gasteiger partial charge on any atom is -0.326 e. The van der Waals surface area contributed by atoms with Crippen molar-refractivity contribution in [2.45, 2.75) is 82.4 Å². The average molecular weight is 609 g/mol. The molecule has 2 N–H and O–H groups in total. The lowest BCUT2D eigenvalue weighted by molar-refractivity contribution is -0.117. The Morgan fingerprint density at radius 3 is 1.12 bits per heavy atom. The minimum atomic E-state index is -3.53. The van der Waals surface area contributed by atoms with Gasteiger partial charge in [0.15, 0.2) is 0 Å². The van der Waals surface area contributed by atoms with E-state index in [0.717, 1.165) is 32.1 Å². The molecule has 2 aromatic rings. The molecular weight excluding hydrogens is 564 g/mol. The molecule has 0 unspecified atom stereocenters. The van der Waals surface area contributed by atoms with E-state index in [2.05, 4.69) is 10.6 Å². The summed E-state index contributed by atoms with van der Waals surface area (Å²) in [5, 5.41) is 5.61. The van der Waals surface area contributed by atoms with E-state index in [-0.39, 0.29) is 21.6 Å². The van der Waals surface area contributed by atoms with E-state index >= 15 is 0 Å². The molecule has 0 aliphatic rings. The zero-order valence-electron chi connectivity index (χ0n) is 24.6. The Kier molecular flexibility index (Phi) is 13.9. The molecule has 2 amide bonds. The first-order valence-corrected chi connectivity index (χ1v) is 17.2. The number of hydrogen-bond donors (Lipinski definition) is 2. The maximum atomic E-state index is 12.6. The summed E-state index contributed by atoms with van der Waals surface area (Å²) in [6.45, 7) is 8.75. The smallest absolute Gasteiger partial charge is 0.243 e. The van der Waals surface area contributed by atoms with Gasteiger partial charge in [0.05, 0.1) is 9.79 Å². The number of carbonyl (C=O) groups is 2. The number of nitrogens with one attached hydrogen (secondary N) is 2. The van der Waals surface area contributed by atoms with Crippen LogP contribution in [0.2, 0.25) is 0 Å². The van der Waals surface area contributed by atoms with Crippen molar-refractivity contribution in [1.82, 2.24) is 8.61 Å². The molecular formula is C29H44N4O6S2. The van der Waals surface area contributed by atoms with Crippen LogP contribution in [0.5, 0.6) is 0 Å². The molecule has 0 fully saturated rings. The average Bonchev–Trinajstić information content (AvgIpc) is 2.94. The predicted octanol–water partition coefficient (Wildman–Crippen LogP) is 5.06. The highest BCUT2D eigenvalue weighted by Gasteiger charge is 2.22. The molecule has 41 heavy (non-hydrogen) atoms. The number of amides is 2. The lowest BCUT2D eigenvalue weighted by Crippen LogP contribution is -2.30. The quantitative estimate of drug-likeness (QED) is 0.228. The number of rotatable bonds is 18. The maximum Gasteiger partial charge on any atom is 0.243 e. The van der Waals surface area contributed by atoms with E-state index < -0.39 is 20.0 Å². The van der Waals surface area contributed by atoms with Crippen molar-refractivity contribution >= 4 is 43.2 Å². The topological polar surface area (TPSA) is 133 Å². The third kappa shape index (κ3) is 10.2. The van der Waals surface area contributed by atoms with Crippen molar-refractivity contribution in [2.24, 2.45) is 0 Å². The molecule has 228 valence electrons. The second-order valence-electron chi connectivity index (χ2n) is 9.59. The lowest BCUT2D eigenvalue weighted by Gasteiger charge is -2.18. The summed E-state index contributed by atoms with van der Waals surface area (Å²) < 4.78 is 53.1. The van der Waals surface area contributed by atoms with Crippen LogP contribution < -0.4 is 10.6 Å². The molecule has 0 spiro atoms. The van der Waals surface area contributed by atoms with E-state index in [1.165, 1.54) is 32.9 Å². The highest BCUT2D eigenvalue weighted by molar-refractivity contribution is 7.89. The fourth-order valence-electron chi connectivity index (χ4n) is 4.39. The number of nitrogens with zero attached hydrogens (tertiary/aromatic N) is 2. The molecule has 0 atom stereocenters. The molecule has 0 aliphatic heterocycles. The molecule has 0 radical (unpaired) electrons. The van der Waals surface area contributed by atoms with Gasteiger partial charge in [0, 0.05) is 50.4 Å². The number of anilines is 2. The van der Waals surface area contributed by atoms with E-state index in [9.17, 15) is 26.4 Å². The Morgan fingerprint density at radius 1 is 0.537 bits per heavy atom. The molecule has 2 aromatic carbocycles. The van der Waals surface area contributed by atoms with Gasteiger partial charge in [-0.05, 0) is 61.4 Å². The van der Waals surface area contributed by atoms with Gasteiger partial charge in [-0.15, -0.1) is 0 Å². The number of benzene rings is 2. The predicted molar refractivity (Wildman–Crippen MR) is 163 cm³/mol. The molecule has 0 aromatic heterocycles. The Balaban J connectivity index is 1.65. The Labute approximate surface area is 245 Å². The van der Waals surface area contributed by atoms with E-state index in [4.69, 9.17) is 0 Å². The monoisotopic (exact) mass is 608 g/mol. The molecule has 0 aliphatic carbocycles. The van der Waals surface area contributed by atoms with Gasteiger partial charge >= 0.3 is 0 Å².